The molecule has 2 aromatic heterocycles. The number of aromatic nitrogens is 3. The van der Waals surface area contributed by atoms with Crippen LogP contribution in [0.3, 0.4) is 0 Å². The van der Waals surface area contributed by atoms with Crippen molar-refractivity contribution >= 4 is 32.7 Å². The van der Waals surface area contributed by atoms with Gasteiger partial charge in [-0.2, -0.15) is 0 Å². The maximum atomic E-state index is 6.50. The monoisotopic (exact) mass is 599 g/mol. The van der Waals surface area contributed by atoms with Gasteiger partial charge in [0.25, 0.3) is 0 Å². The van der Waals surface area contributed by atoms with Crippen molar-refractivity contribution in [3.05, 3.63) is 152 Å². The highest BCUT2D eigenvalue weighted by Gasteiger charge is 2.27. The number of fused-ring (bicyclic) bond motifs is 7. The first-order chi connectivity index (χ1) is 23.3. The Hall–Kier alpha value is -6.39. The summed E-state index contributed by atoms with van der Waals surface area (Å²) in [4.78, 5) is 14.8. The first kappa shape index (κ1) is 25.9. The van der Waals surface area contributed by atoms with Gasteiger partial charge in [-0.25, -0.2) is 15.0 Å². The fourth-order valence-corrected chi connectivity index (χ4v) is 7.14. The van der Waals surface area contributed by atoms with E-state index < -0.39 is 0 Å². The van der Waals surface area contributed by atoms with Gasteiger partial charge in [-0.1, -0.05) is 133 Å². The molecular formula is C43H25N3O. The normalized spacial score (nSPS) is 11.8. The maximum absolute atomic E-state index is 6.50. The van der Waals surface area contributed by atoms with Crippen molar-refractivity contribution in [2.24, 2.45) is 0 Å². The summed E-state index contributed by atoms with van der Waals surface area (Å²) in [5.74, 6) is 1.95. The van der Waals surface area contributed by atoms with Crippen LogP contribution >= 0.6 is 0 Å². The predicted octanol–water partition coefficient (Wildman–Crippen LogP) is 11.2. The van der Waals surface area contributed by atoms with E-state index in [-0.39, 0.29) is 0 Å². The Balaban J connectivity index is 1.14. The van der Waals surface area contributed by atoms with Crippen molar-refractivity contribution in [2.45, 2.75) is 0 Å². The fraction of sp³-hybridized carbons (Fsp3) is 0. The van der Waals surface area contributed by atoms with Gasteiger partial charge in [-0.3, -0.25) is 0 Å². The molecule has 0 unspecified atom stereocenters. The molecule has 4 heteroatoms. The maximum Gasteiger partial charge on any atom is 0.164 e. The summed E-state index contributed by atoms with van der Waals surface area (Å²) in [6.45, 7) is 0. The first-order valence-electron chi connectivity index (χ1n) is 15.8. The predicted molar refractivity (Wildman–Crippen MR) is 191 cm³/mol. The molecule has 10 rings (SSSR count). The zero-order valence-corrected chi connectivity index (χ0v) is 25.2. The lowest BCUT2D eigenvalue weighted by Gasteiger charge is -2.12. The van der Waals surface area contributed by atoms with E-state index >= 15 is 0 Å². The molecule has 7 aromatic carbocycles. The standard InChI is InChI=1S/C43H25N3O/c1-3-11-26(12-4-1)41-44-42(27-13-5-2-6-14-27)46-43(45-41)29-16-9-15-28(25-29)30-21-24-36-38-32(30)18-10-19-33(38)34-22-23-35-31-17-7-8-20-37(31)47-40(35)39(34)36/h1-25H. The van der Waals surface area contributed by atoms with Gasteiger partial charge in [-0.05, 0) is 56.8 Å². The van der Waals surface area contributed by atoms with Crippen molar-refractivity contribution in [2.75, 3.05) is 0 Å². The second-order valence-corrected chi connectivity index (χ2v) is 12.0. The molecule has 218 valence electrons. The molecule has 0 aliphatic heterocycles. The molecule has 0 fully saturated rings. The number of nitrogens with zero attached hydrogens (tertiary/aromatic N) is 3. The molecule has 2 heterocycles. The second-order valence-electron chi connectivity index (χ2n) is 12.0. The third-order valence-corrected chi connectivity index (χ3v) is 9.28. The SMILES string of the molecule is c1ccc(-c2nc(-c3ccccc3)nc(-c3cccc(-c4ccc5c6c(cccc46)-c4ccc6c(oc7ccccc76)c4-5)c3)n2)cc1. The van der Waals surface area contributed by atoms with Crippen molar-refractivity contribution in [3.63, 3.8) is 0 Å². The minimum atomic E-state index is 0.644. The molecule has 0 atom stereocenters. The van der Waals surface area contributed by atoms with Crippen LogP contribution in [0.1, 0.15) is 0 Å². The van der Waals surface area contributed by atoms with Crippen molar-refractivity contribution in [1.82, 2.24) is 15.0 Å². The van der Waals surface area contributed by atoms with Gasteiger partial charge in [0.15, 0.2) is 17.5 Å². The Morgan fingerprint density at radius 3 is 1.70 bits per heavy atom. The Morgan fingerprint density at radius 2 is 0.936 bits per heavy atom. The molecule has 0 amide bonds. The highest BCUT2D eigenvalue weighted by atomic mass is 16.3. The van der Waals surface area contributed by atoms with Crippen molar-refractivity contribution < 1.29 is 4.42 Å². The summed E-state index contributed by atoms with van der Waals surface area (Å²) in [7, 11) is 0. The molecule has 1 aliphatic carbocycles. The van der Waals surface area contributed by atoms with Crippen LogP contribution in [0.4, 0.5) is 0 Å². The van der Waals surface area contributed by atoms with E-state index in [0.717, 1.165) is 44.2 Å². The van der Waals surface area contributed by atoms with Crippen LogP contribution in [0.15, 0.2) is 156 Å². The van der Waals surface area contributed by atoms with Gasteiger partial charge in [0.1, 0.15) is 11.2 Å². The van der Waals surface area contributed by atoms with Gasteiger partial charge in [0, 0.05) is 33.0 Å². The Morgan fingerprint density at radius 1 is 0.362 bits per heavy atom. The molecule has 0 N–H and O–H groups in total. The van der Waals surface area contributed by atoms with E-state index in [2.05, 4.69) is 78.9 Å². The average molecular weight is 600 g/mol. The van der Waals surface area contributed by atoms with Gasteiger partial charge in [0.05, 0.1) is 0 Å². The largest absolute Gasteiger partial charge is 0.455 e. The molecular weight excluding hydrogens is 574 g/mol. The van der Waals surface area contributed by atoms with Crippen LogP contribution in [0.5, 0.6) is 0 Å². The summed E-state index contributed by atoms with van der Waals surface area (Å²) in [5, 5.41) is 4.77. The first-order valence-corrected chi connectivity index (χ1v) is 15.8. The molecule has 47 heavy (non-hydrogen) atoms. The summed E-state index contributed by atoms with van der Waals surface area (Å²) in [6, 6.07) is 52.6. The molecule has 0 saturated carbocycles. The molecule has 0 radical (unpaired) electrons. The van der Waals surface area contributed by atoms with Crippen molar-refractivity contribution in [1.29, 1.82) is 0 Å². The van der Waals surface area contributed by atoms with Gasteiger partial charge < -0.3 is 4.42 Å². The van der Waals surface area contributed by atoms with Crippen LogP contribution in [-0.4, -0.2) is 15.0 Å². The van der Waals surface area contributed by atoms with Gasteiger partial charge in [-0.15, -0.1) is 0 Å². The molecule has 1 aliphatic rings. The van der Waals surface area contributed by atoms with E-state index in [1.54, 1.807) is 0 Å². The van der Waals surface area contributed by atoms with Crippen LogP contribution in [-0.2, 0) is 0 Å². The van der Waals surface area contributed by atoms with E-state index in [0.29, 0.717) is 17.5 Å². The highest BCUT2D eigenvalue weighted by molar-refractivity contribution is 6.24. The molecule has 0 bridgehead atoms. The van der Waals surface area contributed by atoms with Crippen LogP contribution in [0, 0.1) is 0 Å². The lowest BCUT2D eigenvalue weighted by molar-refractivity contribution is 0.670. The van der Waals surface area contributed by atoms with E-state index in [1.807, 2.05) is 72.8 Å². The smallest absolute Gasteiger partial charge is 0.164 e. The summed E-state index contributed by atoms with van der Waals surface area (Å²) < 4.78 is 6.50. The number of hydrogen-bond acceptors (Lipinski definition) is 4. The number of furan rings is 1. The van der Waals surface area contributed by atoms with Gasteiger partial charge in [0.2, 0.25) is 0 Å². The Labute approximate surface area is 270 Å². The van der Waals surface area contributed by atoms with Crippen LogP contribution in [0.2, 0.25) is 0 Å². The molecule has 0 spiro atoms. The summed E-state index contributed by atoms with van der Waals surface area (Å²) >= 11 is 0. The fourth-order valence-electron chi connectivity index (χ4n) is 7.14. The molecule has 9 aromatic rings. The third-order valence-electron chi connectivity index (χ3n) is 9.28. The van der Waals surface area contributed by atoms with Gasteiger partial charge >= 0.3 is 0 Å². The third kappa shape index (κ3) is 3.98. The Kier molecular flexibility index (Phi) is 5.54. The summed E-state index contributed by atoms with van der Waals surface area (Å²) in [5.41, 5.74) is 11.8. The second kappa shape index (κ2) is 10.1. The zero-order valence-electron chi connectivity index (χ0n) is 25.2. The quantitative estimate of drug-likeness (QED) is 0.202. The lowest BCUT2D eigenvalue weighted by Crippen LogP contribution is -2.00. The summed E-state index contributed by atoms with van der Waals surface area (Å²) in [6.07, 6.45) is 0. The highest BCUT2D eigenvalue weighted by Crippen LogP contribution is 2.53. The average Bonchev–Trinajstić information content (AvgIpc) is 3.69. The van der Waals surface area contributed by atoms with Crippen molar-refractivity contribution in [3.8, 4) is 67.5 Å². The minimum Gasteiger partial charge on any atom is -0.455 e. The topological polar surface area (TPSA) is 51.8 Å². The van der Waals surface area contributed by atoms with E-state index in [1.165, 1.54) is 38.6 Å². The molecule has 4 nitrogen and oxygen atoms in total. The lowest BCUT2D eigenvalue weighted by atomic mass is 9.93. The number of rotatable bonds is 4. The van der Waals surface area contributed by atoms with E-state index in [9.17, 15) is 0 Å². The number of benzene rings is 7. The van der Waals surface area contributed by atoms with Crippen LogP contribution in [0.25, 0.3) is 100 Å². The zero-order chi connectivity index (χ0) is 30.9. The minimum absolute atomic E-state index is 0.644. The Bertz CT molecular complexity index is 2620. The number of para-hydroxylation sites is 1. The van der Waals surface area contributed by atoms with E-state index in [4.69, 9.17) is 19.4 Å². The van der Waals surface area contributed by atoms with Crippen LogP contribution < -0.4 is 0 Å². The number of hydrogen-bond donors (Lipinski definition) is 0. The molecule has 0 saturated heterocycles.